The maximum atomic E-state index is 12.9. The molecule has 0 aliphatic heterocycles. The van der Waals surface area contributed by atoms with E-state index in [1.54, 1.807) is 0 Å². The normalized spacial score (nSPS) is 10.4. The van der Waals surface area contributed by atoms with Crippen molar-refractivity contribution in [1.82, 2.24) is 4.98 Å². The van der Waals surface area contributed by atoms with E-state index in [-0.39, 0.29) is 4.88 Å². The minimum absolute atomic E-state index is 0.0553. The highest BCUT2D eigenvalue weighted by Gasteiger charge is 2.11. The van der Waals surface area contributed by atoms with Crippen molar-refractivity contribution in [2.24, 2.45) is 0 Å². The maximum absolute atomic E-state index is 12.9. The van der Waals surface area contributed by atoms with Crippen LogP contribution in [-0.2, 0) is 0 Å². The smallest absolute Gasteiger partial charge is 0.347 e. The fraction of sp³-hybridized carbons (Fsp3) is 0. The van der Waals surface area contributed by atoms with Gasteiger partial charge in [-0.2, -0.15) is 0 Å². The Morgan fingerprint density at radius 1 is 1.31 bits per heavy atom. The van der Waals surface area contributed by atoms with Crippen molar-refractivity contribution in [2.45, 2.75) is 0 Å². The number of halogens is 2. The second-order valence-electron chi connectivity index (χ2n) is 2.96. The zero-order chi connectivity index (χ0) is 11.7. The Morgan fingerprint density at radius 2 is 2.06 bits per heavy atom. The molecule has 0 fully saturated rings. The summed E-state index contributed by atoms with van der Waals surface area (Å²) >= 11 is 0.909. The number of nitrogens with zero attached hydrogens (tertiary/aromatic N) is 1. The fourth-order valence-corrected chi connectivity index (χ4v) is 1.89. The lowest BCUT2D eigenvalue weighted by atomic mass is 10.2. The number of thiazole rings is 1. The van der Waals surface area contributed by atoms with Crippen LogP contribution < -0.4 is 0 Å². The van der Waals surface area contributed by atoms with E-state index in [9.17, 15) is 13.6 Å². The average molecular weight is 241 g/mol. The third kappa shape index (κ3) is 1.92. The molecule has 6 heteroatoms. The minimum atomic E-state index is -1.09. The first-order valence-electron chi connectivity index (χ1n) is 4.22. The summed E-state index contributed by atoms with van der Waals surface area (Å²) in [5.74, 6) is -3.02. The molecule has 1 heterocycles. The van der Waals surface area contributed by atoms with Crippen molar-refractivity contribution >= 4 is 17.3 Å². The number of aromatic nitrogens is 1. The van der Waals surface area contributed by atoms with Crippen molar-refractivity contribution in [2.75, 3.05) is 0 Å². The predicted octanol–water partition coefficient (Wildman–Crippen LogP) is 2.79. The van der Waals surface area contributed by atoms with Gasteiger partial charge in [0.05, 0.1) is 6.20 Å². The SMILES string of the molecule is O=C(O)c1cnc(-c2ccc(F)c(F)c2)s1. The van der Waals surface area contributed by atoms with Gasteiger partial charge < -0.3 is 5.11 Å². The van der Waals surface area contributed by atoms with Gasteiger partial charge in [-0.05, 0) is 18.2 Å². The zero-order valence-electron chi connectivity index (χ0n) is 7.78. The Bertz CT molecular complexity index is 554. The first-order chi connectivity index (χ1) is 7.58. The van der Waals surface area contributed by atoms with Crippen LogP contribution in [0.2, 0.25) is 0 Å². The molecule has 0 aliphatic carbocycles. The van der Waals surface area contributed by atoms with Crippen LogP contribution in [0.25, 0.3) is 10.6 Å². The van der Waals surface area contributed by atoms with Crippen LogP contribution in [-0.4, -0.2) is 16.1 Å². The third-order valence-corrected chi connectivity index (χ3v) is 2.92. The molecule has 16 heavy (non-hydrogen) atoms. The Hall–Kier alpha value is -1.82. The number of carboxylic acid groups (broad SMARTS) is 1. The van der Waals surface area contributed by atoms with Gasteiger partial charge in [0.25, 0.3) is 0 Å². The summed E-state index contributed by atoms with van der Waals surface area (Å²) in [7, 11) is 0. The van der Waals surface area contributed by atoms with Crippen LogP contribution >= 0.6 is 11.3 Å². The molecular weight excluding hydrogens is 236 g/mol. The number of hydrogen-bond donors (Lipinski definition) is 1. The summed E-state index contributed by atoms with van der Waals surface area (Å²) in [4.78, 5) is 14.5. The van der Waals surface area contributed by atoms with Gasteiger partial charge in [-0.15, -0.1) is 11.3 Å². The summed E-state index contributed by atoms with van der Waals surface area (Å²) in [5, 5.41) is 9.02. The van der Waals surface area contributed by atoms with Gasteiger partial charge in [0.1, 0.15) is 9.88 Å². The number of rotatable bonds is 2. The highest BCUT2D eigenvalue weighted by atomic mass is 32.1. The van der Waals surface area contributed by atoms with Crippen molar-refractivity contribution in [3.8, 4) is 10.6 Å². The summed E-state index contributed by atoms with van der Waals surface area (Å²) in [5.41, 5.74) is 0.358. The lowest BCUT2D eigenvalue weighted by Crippen LogP contribution is -1.89. The lowest BCUT2D eigenvalue weighted by molar-refractivity contribution is 0.0702. The van der Waals surface area contributed by atoms with Crippen LogP contribution in [0.15, 0.2) is 24.4 Å². The quantitative estimate of drug-likeness (QED) is 0.879. The molecule has 2 rings (SSSR count). The topological polar surface area (TPSA) is 50.2 Å². The van der Waals surface area contributed by atoms with Gasteiger partial charge in [-0.3, -0.25) is 0 Å². The first-order valence-corrected chi connectivity index (χ1v) is 5.04. The number of hydrogen-bond acceptors (Lipinski definition) is 3. The van der Waals surface area contributed by atoms with E-state index in [2.05, 4.69) is 4.98 Å². The minimum Gasteiger partial charge on any atom is -0.477 e. The molecule has 3 nitrogen and oxygen atoms in total. The van der Waals surface area contributed by atoms with Gasteiger partial charge in [-0.1, -0.05) is 0 Å². The maximum Gasteiger partial charge on any atom is 0.347 e. The molecule has 0 bridgehead atoms. The Balaban J connectivity index is 2.42. The number of aromatic carboxylic acids is 1. The van der Waals surface area contributed by atoms with Gasteiger partial charge >= 0.3 is 5.97 Å². The summed E-state index contributed by atoms with van der Waals surface area (Å²) in [6.07, 6.45) is 1.18. The van der Waals surface area contributed by atoms with E-state index in [0.29, 0.717) is 10.6 Å². The van der Waals surface area contributed by atoms with Crippen molar-refractivity contribution in [3.63, 3.8) is 0 Å². The Labute approximate surface area is 93.0 Å². The van der Waals surface area contributed by atoms with Gasteiger partial charge in [0.15, 0.2) is 11.6 Å². The molecule has 0 amide bonds. The van der Waals surface area contributed by atoms with E-state index in [0.717, 1.165) is 23.5 Å². The molecule has 0 atom stereocenters. The zero-order valence-corrected chi connectivity index (χ0v) is 8.59. The molecule has 0 saturated heterocycles. The van der Waals surface area contributed by atoms with E-state index < -0.39 is 17.6 Å². The first kappa shape index (κ1) is 10.7. The van der Waals surface area contributed by atoms with Gasteiger partial charge in [-0.25, -0.2) is 18.6 Å². The molecule has 0 saturated carbocycles. The Morgan fingerprint density at radius 3 is 2.62 bits per heavy atom. The molecule has 0 radical (unpaired) electrons. The molecule has 1 aromatic carbocycles. The van der Waals surface area contributed by atoms with E-state index in [1.165, 1.54) is 12.3 Å². The highest BCUT2D eigenvalue weighted by molar-refractivity contribution is 7.16. The van der Waals surface area contributed by atoms with Crippen molar-refractivity contribution < 1.29 is 18.7 Å². The van der Waals surface area contributed by atoms with Crippen LogP contribution in [0.5, 0.6) is 0 Å². The number of benzene rings is 1. The molecule has 82 valence electrons. The lowest BCUT2D eigenvalue weighted by Gasteiger charge is -1.96. The molecule has 0 spiro atoms. The predicted molar refractivity (Wildman–Crippen MR) is 54.4 cm³/mol. The molecule has 1 N–H and O–H groups in total. The molecule has 1 aromatic heterocycles. The molecule has 0 aliphatic rings. The second-order valence-corrected chi connectivity index (χ2v) is 3.99. The number of carboxylic acids is 1. The standard InChI is InChI=1S/C10H5F2NO2S/c11-6-2-1-5(3-7(6)12)9-13-4-8(16-9)10(14)15/h1-4H,(H,14,15). The molecule has 0 unspecified atom stereocenters. The van der Waals surface area contributed by atoms with Gasteiger partial charge in [0.2, 0.25) is 0 Å². The average Bonchev–Trinajstić information content (AvgIpc) is 2.71. The van der Waals surface area contributed by atoms with Crippen molar-refractivity contribution in [1.29, 1.82) is 0 Å². The summed E-state index contributed by atoms with van der Waals surface area (Å²) in [6.45, 7) is 0. The second kappa shape index (κ2) is 3.97. The highest BCUT2D eigenvalue weighted by Crippen LogP contribution is 2.26. The van der Waals surface area contributed by atoms with E-state index >= 15 is 0 Å². The fourth-order valence-electron chi connectivity index (χ4n) is 1.14. The third-order valence-electron chi connectivity index (χ3n) is 1.88. The Kier molecular flexibility index (Phi) is 2.66. The largest absolute Gasteiger partial charge is 0.477 e. The van der Waals surface area contributed by atoms with Crippen LogP contribution in [0, 0.1) is 11.6 Å². The van der Waals surface area contributed by atoms with Crippen LogP contribution in [0.4, 0.5) is 8.78 Å². The van der Waals surface area contributed by atoms with E-state index in [1.807, 2.05) is 0 Å². The van der Waals surface area contributed by atoms with Crippen molar-refractivity contribution in [3.05, 3.63) is 40.9 Å². The monoisotopic (exact) mass is 241 g/mol. The summed E-state index contributed by atoms with van der Waals surface area (Å²) < 4.78 is 25.6. The van der Waals surface area contributed by atoms with Crippen LogP contribution in [0.1, 0.15) is 9.67 Å². The van der Waals surface area contributed by atoms with Crippen LogP contribution in [0.3, 0.4) is 0 Å². The molecule has 2 aromatic rings. The van der Waals surface area contributed by atoms with Gasteiger partial charge in [0, 0.05) is 5.56 Å². The summed E-state index contributed by atoms with van der Waals surface area (Å²) in [6, 6.07) is 3.31. The number of carbonyl (C=O) groups is 1. The molecular formula is C10H5F2NO2S. The van der Waals surface area contributed by atoms with E-state index in [4.69, 9.17) is 5.11 Å².